The van der Waals surface area contributed by atoms with Gasteiger partial charge in [0.2, 0.25) is 0 Å². The van der Waals surface area contributed by atoms with Gasteiger partial charge in [0.15, 0.2) is 0 Å². The van der Waals surface area contributed by atoms with Crippen molar-refractivity contribution in [2.75, 3.05) is 38.2 Å². The van der Waals surface area contributed by atoms with E-state index in [1.165, 1.54) is 37.4 Å². The van der Waals surface area contributed by atoms with E-state index in [1.54, 1.807) is 7.11 Å². The number of rotatable bonds is 4. The van der Waals surface area contributed by atoms with E-state index in [0.29, 0.717) is 0 Å². The SMILES string of the molecule is COc1cccc(N2C[C@@H]3CN(Cc4ccccc4)C[C@H]3C2)c1. The maximum Gasteiger partial charge on any atom is 0.120 e. The average Bonchev–Trinajstić information content (AvgIpc) is 3.14. The molecule has 0 N–H and O–H groups in total. The lowest BCUT2D eigenvalue weighted by Crippen LogP contribution is -2.28. The molecule has 0 amide bonds. The molecule has 2 fully saturated rings. The molecule has 4 rings (SSSR count). The molecule has 2 aliphatic heterocycles. The van der Waals surface area contributed by atoms with Crippen LogP contribution >= 0.6 is 0 Å². The molecule has 0 aliphatic carbocycles. The number of hydrogen-bond acceptors (Lipinski definition) is 3. The van der Waals surface area contributed by atoms with Crippen molar-refractivity contribution in [2.45, 2.75) is 6.54 Å². The highest BCUT2D eigenvalue weighted by Crippen LogP contribution is 2.35. The first kappa shape index (κ1) is 14.6. The molecule has 120 valence electrons. The summed E-state index contributed by atoms with van der Waals surface area (Å²) in [6.45, 7) is 5.87. The quantitative estimate of drug-likeness (QED) is 0.862. The van der Waals surface area contributed by atoms with Crippen molar-refractivity contribution in [1.82, 2.24) is 4.90 Å². The third-order valence-corrected chi connectivity index (χ3v) is 5.23. The first-order chi connectivity index (χ1) is 11.3. The summed E-state index contributed by atoms with van der Waals surface area (Å²) in [7, 11) is 1.74. The Hall–Kier alpha value is -2.00. The van der Waals surface area contributed by atoms with E-state index >= 15 is 0 Å². The fraction of sp³-hybridized carbons (Fsp3) is 0.400. The van der Waals surface area contributed by atoms with Crippen LogP contribution in [0, 0.1) is 11.8 Å². The molecule has 0 radical (unpaired) electrons. The van der Waals surface area contributed by atoms with E-state index in [1.807, 2.05) is 6.07 Å². The fourth-order valence-electron chi connectivity index (χ4n) is 4.08. The molecule has 0 saturated carbocycles. The molecule has 0 spiro atoms. The fourth-order valence-corrected chi connectivity index (χ4v) is 4.08. The van der Waals surface area contributed by atoms with Gasteiger partial charge in [0, 0.05) is 44.5 Å². The van der Waals surface area contributed by atoms with Gasteiger partial charge in [0.25, 0.3) is 0 Å². The number of methoxy groups -OCH3 is 1. The molecule has 2 saturated heterocycles. The molecule has 0 unspecified atom stereocenters. The Morgan fingerprint density at radius 3 is 2.35 bits per heavy atom. The maximum absolute atomic E-state index is 5.36. The third-order valence-electron chi connectivity index (χ3n) is 5.23. The van der Waals surface area contributed by atoms with Gasteiger partial charge in [0.05, 0.1) is 7.11 Å². The van der Waals surface area contributed by atoms with Crippen LogP contribution in [0.3, 0.4) is 0 Å². The van der Waals surface area contributed by atoms with E-state index in [2.05, 4.69) is 58.3 Å². The Bertz CT molecular complexity index is 644. The van der Waals surface area contributed by atoms with E-state index in [4.69, 9.17) is 4.74 Å². The standard InChI is InChI=1S/C20H24N2O/c1-23-20-9-5-8-19(10-20)22-14-17-12-21(13-18(17)15-22)11-16-6-3-2-4-7-16/h2-10,17-18H,11-15H2,1H3/t17-,18-/m0/s1. The number of benzene rings is 2. The Balaban J connectivity index is 1.38. The molecule has 3 nitrogen and oxygen atoms in total. The number of fused-ring (bicyclic) bond motifs is 1. The van der Waals surface area contributed by atoms with Crippen LogP contribution in [0.25, 0.3) is 0 Å². The number of nitrogens with zero attached hydrogens (tertiary/aromatic N) is 2. The summed E-state index contributed by atoms with van der Waals surface area (Å²) in [5, 5.41) is 0. The van der Waals surface area contributed by atoms with Gasteiger partial charge in [0.1, 0.15) is 5.75 Å². The summed E-state index contributed by atoms with van der Waals surface area (Å²) >= 11 is 0. The van der Waals surface area contributed by atoms with Gasteiger partial charge in [-0.05, 0) is 29.5 Å². The normalized spacial score (nSPS) is 24.0. The second-order valence-electron chi connectivity index (χ2n) is 6.81. The van der Waals surface area contributed by atoms with Crippen LogP contribution in [-0.2, 0) is 6.54 Å². The lowest BCUT2D eigenvalue weighted by atomic mass is 10.0. The number of likely N-dealkylation sites (tertiary alicyclic amines) is 1. The smallest absolute Gasteiger partial charge is 0.120 e. The summed E-state index contributed by atoms with van der Waals surface area (Å²) < 4.78 is 5.36. The third kappa shape index (κ3) is 3.06. The van der Waals surface area contributed by atoms with Crippen molar-refractivity contribution < 1.29 is 4.74 Å². The van der Waals surface area contributed by atoms with Crippen LogP contribution in [0.1, 0.15) is 5.56 Å². The Kier molecular flexibility index (Phi) is 3.96. The Morgan fingerprint density at radius 2 is 1.65 bits per heavy atom. The second-order valence-corrected chi connectivity index (χ2v) is 6.81. The number of ether oxygens (including phenoxy) is 1. The summed E-state index contributed by atoms with van der Waals surface area (Å²) in [6, 6.07) is 19.3. The van der Waals surface area contributed by atoms with E-state index in [9.17, 15) is 0 Å². The van der Waals surface area contributed by atoms with Crippen LogP contribution in [-0.4, -0.2) is 38.2 Å². The molecular weight excluding hydrogens is 284 g/mol. The second kappa shape index (κ2) is 6.25. The molecular formula is C20H24N2O. The van der Waals surface area contributed by atoms with Crippen molar-refractivity contribution >= 4 is 5.69 Å². The summed E-state index contributed by atoms with van der Waals surface area (Å²) in [6.07, 6.45) is 0. The Morgan fingerprint density at radius 1 is 0.913 bits per heavy atom. The molecule has 2 aromatic carbocycles. The first-order valence-electron chi connectivity index (χ1n) is 8.47. The maximum atomic E-state index is 5.36. The Labute approximate surface area is 138 Å². The van der Waals surface area contributed by atoms with E-state index in [-0.39, 0.29) is 0 Å². The van der Waals surface area contributed by atoms with Gasteiger partial charge in [-0.15, -0.1) is 0 Å². The zero-order valence-corrected chi connectivity index (χ0v) is 13.7. The highest BCUT2D eigenvalue weighted by atomic mass is 16.5. The van der Waals surface area contributed by atoms with E-state index < -0.39 is 0 Å². The lowest BCUT2D eigenvalue weighted by molar-refractivity contribution is 0.309. The van der Waals surface area contributed by atoms with Crippen LogP contribution in [0.2, 0.25) is 0 Å². The van der Waals surface area contributed by atoms with Gasteiger partial charge in [-0.1, -0.05) is 36.4 Å². The zero-order valence-electron chi connectivity index (χ0n) is 13.7. The molecule has 2 atom stereocenters. The van der Waals surface area contributed by atoms with Crippen LogP contribution in [0.4, 0.5) is 5.69 Å². The predicted octanol–water partition coefficient (Wildman–Crippen LogP) is 3.26. The van der Waals surface area contributed by atoms with Crippen molar-refractivity contribution in [1.29, 1.82) is 0 Å². The molecule has 0 bridgehead atoms. The lowest BCUT2D eigenvalue weighted by Gasteiger charge is -2.23. The van der Waals surface area contributed by atoms with Crippen molar-refractivity contribution in [3.8, 4) is 5.75 Å². The molecule has 23 heavy (non-hydrogen) atoms. The molecule has 3 heteroatoms. The van der Waals surface area contributed by atoms with Crippen LogP contribution < -0.4 is 9.64 Å². The van der Waals surface area contributed by atoms with Gasteiger partial charge in [-0.2, -0.15) is 0 Å². The summed E-state index contributed by atoms with van der Waals surface area (Å²) in [5.74, 6) is 2.54. The van der Waals surface area contributed by atoms with E-state index in [0.717, 1.165) is 24.1 Å². The van der Waals surface area contributed by atoms with Gasteiger partial charge >= 0.3 is 0 Å². The number of hydrogen-bond donors (Lipinski definition) is 0. The minimum atomic E-state index is 0.796. The van der Waals surface area contributed by atoms with Gasteiger partial charge in [-0.3, -0.25) is 4.90 Å². The minimum Gasteiger partial charge on any atom is -0.497 e. The van der Waals surface area contributed by atoms with Gasteiger partial charge in [-0.25, -0.2) is 0 Å². The summed E-state index contributed by atoms with van der Waals surface area (Å²) in [5.41, 5.74) is 2.73. The zero-order chi connectivity index (χ0) is 15.6. The largest absolute Gasteiger partial charge is 0.497 e. The molecule has 2 aromatic rings. The molecule has 2 heterocycles. The van der Waals surface area contributed by atoms with Crippen molar-refractivity contribution in [3.63, 3.8) is 0 Å². The first-order valence-corrected chi connectivity index (χ1v) is 8.47. The topological polar surface area (TPSA) is 15.7 Å². The van der Waals surface area contributed by atoms with Crippen molar-refractivity contribution in [2.24, 2.45) is 11.8 Å². The molecule has 0 aromatic heterocycles. The van der Waals surface area contributed by atoms with Crippen molar-refractivity contribution in [3.05, 3.63) is 60.2 Å². The molecule has 2 aliphatic rings. The minimum absolute atomic E-state index is 0.796. The predicted molar refractivity (Wildman–Crippen MR) is 93.9 cm³/mol. The summed E-state index contributed by atoms with van der Waals surface area (Å²) in [4.78, 5) is 5.14. The monoisotopic (exact) mass is 308 g/mol. The number of anilines is 1. The van der Waals surface area contributed by atoms with Crippen LogP contribution in [0.15, 0.2) is 54.6 Å². The highest BCUT2D eigenvalue weighted by Gasteiger charge is 2.39. The van der Waals surface area contributed by atoms with Gasteiger partial charge < -0.3 is 9.64 Å². The van der Waals surface area contributed by atoms with Crippen LogP contribution in [0.5, 0.6) is 5.75 Å². The average molecular weight is 308 g/mol. The highest BCUT2D eigenvalue weighted by molar-refractivity contribution is 5.52.